The second kappa shape index (κ2) is 9.02. The molecule has 140 valence electrons. The molecule has 0 bridgehead atoms. The van der Waals surface area contributed by atoms with Gasteiger partial charge in [-0.1, -0.05) is 56.3 Å². The minimum atomic E-state index is -0.714. The highest BCUT2D eigenvalue weighted by molar-refractivity contribution is 6.05. The number of nitrogens with zero attached hydrogens (tertiary/aromatic N) is 1. The van der Waals surface area contributed by atoms with Gasteiger partial charge in [0.05, 0.1) is 20.3 Å². The summed E-state index contributed by atoms with van der Waals surface area (Å²) >= 11 is 0. The highest BCUT2D eigenvalue weighted by Crippen LogP contribution is 2.29. The molecule has 5 heteroatoms. The predicted molar refractivity (Wildman–Crippen MR) is 103 cm³/mol. The highest BCUT2D eigenvalue weighted by atomic mass is 16.5. The van der Waals surface area contributed by atoms with Crippen molar-refractivity contribution in [2.75, 3.05) is 20.3 Å². The quantitative estimate of drug-likeness (QED) is 0.461. The Balaban J connectivity index is 2.51. The standard InChI is InChI=1S/C22H23NO4/c1-22(2,14-24)15-27-21(25)19(13-23)20(16-7-5-4-6-8-16)17-9-11-18(26-3)12-10-17/h4-12,24H,14-15H2,1-3H3. The lowest BCUT2D eigenvalue weighted by molar-refractivity contribution is -0.142. The molecular weight excluding hydrogens is 342 g/mol. The summed E-state index contributed by atoms with van der Waals surface area (Å²) in [6.07, 6.45) is 0. The fraction of sp³-hybridized carbons (Fsp3) is 0.273. The van der Waals surface area contributed by atoms with Crippen molar-refractivity contribution in [2.45, 2.75) is 13.8 Å². The first-order chi connectivity index (χ1) is 12.9. The number of hydrogen-bond acceptors (Lipinski definition) is 5. The van der Waals surface area contributed by atoms with E-state index in [2.05, 4.69) is 0 Å². The van der Waals surface area contributed by atoms with Gasteiger partial charge in [-0.3, -0.25) is 0 Å². The molecule has 0 aliphatic carbocycles. The minimum Gasteiger partial charge on any atom is -0.497 e. The van der Waals surface area contributed by atoms with Gasteiger partial charge in [-0.05, 0) is 23.3 Å². The fourth-order valence-corrected chi connectivity index (χ4v) is 2.40. The smallest absolute Gasteiger partial charge is 0.349 e. The number of aliphatic hydroxyl groups excluding tert-OH is 1. The Morgan fingerprint density at radius 2 is 1.67 bits per heavy atom. The van der Waals surface area contributed by atoms with Crippen LogP contribution in [0.2, 0.25) is 0 Å². The number of carbonyl (C=O) groups is 1. The van der Waals surface area contributed by atoms with E-state index in [9.17, 15) is 15.2 Å². The summed E-state index contributed by atoms with van der Waals surface area (Å²) in [6.45, 7) is 3.43. The minimum absolute atomic E-state index is 0.0121. The molecule has 0 heterocycles. The van der Waals surface area contributed by atoms with Crippen LogP contribution in [0.5, 0.6) is 5.75 Å². The number of ether oxygens (including phenoxy) is 2. The summed E-state index contributed by atoms with van der Waals surface area (Å²) in [6, 6.07) is 18.3. The van der Waals surface area contributed by atoms with Crippen molar-refractivity contribution in [3.63, 3.8) is 0 Å². The van der Waals surface area contributed by atoms with Crippen molar-refractivity contribution in [3.05, 3.63) is 71.3 Å². The molecule has 0 saturated carbocycles. The molecule has 0 aliphatic rings. The lowest BCUT2D eigenvalue weighted by atomic mass is 9.93. The van der Waals surface area contributed by atoms with E-state index in [4.69, 9.17) is 9.47 Å². The van der Waals surface area contributed by atoms with E-state index in [1.54, 1.807) is 45.2 Å². The first-order valence-corrected chi connectivity index (χ1v) is 8.54. The number of nitriles is 1. The monoisotopic (exact) mass is 365 g/mol. The Kier molecular flexibility index (Phi) is 6.75. The van der Waals surface area contributed by atoms with Gasteiger partial charge in [-0.15, -0.1) is 0 Å². The number of esters is 1. The molecule has 5 nitrogen and oxygen atoms in total. The maximum absolute atomic E-state index is 12.6. The highest BCUT2D eigenvalue weighted by Gasteiger charge is 2.24. The van der Waals surface area contributed by atoms with Gasteiger partial charge in [0.25, 0.3) is 0 Å². The normalized spacial score (nSPS) is 12.0. The van der Waals surface area contributed by atoms with Crippen molar-refractivity contribution < 1.29 is 19.4 Å². The van der Waals surface area contributed by atoms with Crippen molar-refractivity contribution in [1.29, 1.82) is 5.26 Å². The van der Waals surface area contributed by atoms with Crippen LogP contribution >= 0.6 is 0 Å². The molecular formula is C22H23NO4. The van der Waals surface area contributed by atoms with Crippen LogP contribution in [0.15, 0.2) is 60.2 Å². The molecule has 1 N–H and O–H groups in total. The van der Waals surface area contributed by atoms with Crippen LogP contribution in [0.25, 0.3) is 5.57 Å². The second-order valence-electron chi connectivity index (χ2n) is 6.85. The molecule has 0 aliphatic heterocycles. The van der Waals surface area contributed by atoms with Crippen LogP contribution in [0.1, 0.15) is 25.0 Å². The summed E-state index contributed by atoms with van der Waals surface area (Å²) < 4.78 is 10.5. The maximum Gasteiger partial charge on any atom is 0.349 e. The van der Waals surface area contributed by atoms with E-state index < -0.39 is 11.4 Å². The predicted octanol–water partition coefficient (Wildman–Crippen LogP) is 3.58. The SMILES string of the molecule is COc1ccc(C(=C(C#N)C(=O)OCC(C)(C)CO)c2ccccc2)cc1. The summed E-state index contributed by atoms with van der Waals surface area (Å²) in [5.74, 6) is -0.0364. The maximum atomic E-state index is 12.6. The molecule has 2 aromatic carbocycles. The summed E-state index contributed by atoms with van der Waals surface area (Å²) in [7, 11) is 1.57. The zero-order valence-electron chi connectivity index (χ0n) is 15.7. The van der Waals surface area contributed by atoms with E-state index in [-0.39, 0.29) is 18.8 Å². The first-order valence-electron chi connectivity index (χ1n) is 8.54. The average Bonchev–Trinajstić information content (AvgIpc) is 2.71. The number of rotatable bonds is 7. The van der Waals surface area contributed by atoms with Crippen molar-refractivity contribution >= 4 is 11.5 Å². The first kappa shape index (κ1) is 20.2. The van der Waals surface area contributed by atoms with Crippen LogP contribution < -0.4 is 4.74 Å². The fourth-order valence-electron chi connectivity index (χ4n) is 2.40. The molecule has 0 fully saturated rings. The Morgan fingerprint density at radius 1 is 1.07 bits per heavy atom. The van der Waals surface area contributed by atoms with Gasteiger partial charge in [0.15, 0.2) is 0 Å². The second-order valence-corrected chi connectivity index (χ2v) is 6.85. The molecule has 0 spiro atoms. The third-order valence-corrected chi connectivity index (χ3v) is 4.03. The van der Waals surface area contributed by atoms with E-state index >= 15 is 0 Å². The van der Waals surface area contributed by atoms with Gasteiger partial charge >= 0.3 is 5.97 Å². The number of carbonyl (C=O) groups excluding carboxylic acids is 1. The van der Waals surface area contributed by atoms with Gasteiger partial charge < -0.3 is 14.6 Å². The third-order valence-electron chi connectivity index (χ3n) is 4.03. The Bertz CT molecular complexity index is 846. The summed E-state index contributed by atoms with van der Waals surface area (Å²) in [4.78, 5) is 12.6. The lowest BCUT2D eigenvalue weighted by Gasteiger charge is -2.21. The lowest BCUT2D eigenvalue weighted by Crippen LogP contribution is -2.26. The molecule has 0 saturated heterocycles. The van der Waals surface area contributed by atoms with Crippen molar-refractivity contribution in [3.8, 4) is 11.8 Å². The zero-order chi connectivity index (χ0) is 19.9. The van der Waals surface area contributed by atoms with Gasteiger partial charge in [0.2, 0.25) is 0 Å². The number of methoxy groups -OCH3 is 1. The number of aliphatic hydroxyl groups is 1. The van der Waals surface area contributed by atoms with Crippen molar-refractivity contribution in [2.24, 2.45) is 5.41 Å². The van der Waals surface area contributed by atoms with E-state index in [0.717, 1.165) is 5.56 Å². The molecule has 0 unspecified atom stereocenters. The van der Waals surface area contributed by atoms with Crippen LogP contribution in [0, 0.1) is 16.7 Å². The topological polar surface area (TPSA) is 79.5 Å². The van der Waals surface area contributed by atoms with Crippen LogP contribution in [0.4, 0.5) is 0 Å². The Morgan fingerprint density at radius 3 is 2.19 bits per heavy atom. The van der Waals surface area contributed by atoms with Gasteiger partial charge in [-0.2, -0.15) is 5.26 Å². The van der Waals surface area contributed by atoms with Crippen LogP contribution in [-0.4, -0.2) is 31.4 Å². The Hall–Kier alpha value is -3.10. The summed E-state index contributed by atoms with van der Waals surface area (Å²) in [5.41, 5.74) is 1.27. The molecule has 27 heavy (non-hydrogen) atoms. The number of hydrogen-bond donors (Lipinski definition) is 1. The average molecular weight is 365 g/mol. The molecule has 0 aromatic heterocycles. The molecule has 2 rings (SSSR count). The molecule has 0 atom stereocenters. The van der Waals surface area contributed by atoms with Gasteiger partial charge in [0, 0.05) is 11.0 Å². The Labute approximate surface area is 159 Å². The van der Waals surface area contributed by atoms with Crippen LogP contribution in [-0.2, 0) is 9.53 Å². The zero-order valence-corrected chi connectivity index (χ0v) is 15.7. The van der Waals surface area contributed by atoms with E-state index in [1.807, 2.05) is 36.4 Å². The van der Waals surface area contributed by atoms with Crippen LogP contribution in [0.3, 0.4) is 0 Å². The number of benzene rings is 2. The summed E-state index contributed by atoms with van der Waals surface area (Å²) in [5, 5.41) is 19.0. The molecule has 2 aromatic rings. The van der Waals surface area contributed by atoms with E-state index in [1.165, 1.54) is 0 Å². The molecule has 0 radical (unpaired) electrons. The third kappa shape index (κ3) is 5.19. The van der Waals surface area contributed by atoms with Gasteiger partial charge in [0.1, 0.15) is 17.4 Å². The van der Waals surface area contributed by atoms with Gasteiger partial charge in [-0.25, -0.2) is 4.79 Å². The van der Waals surface area contributed by atoms with Crippen molar-refractivity contribution in [1.82, 2.24) is 0 Å². The van der Waals surface area contributed by atoms with E-state index in [0.29, 0.717) is 16.9 Å². The largest absolute Gasteiger partial charge is 0.497 e. The molecule has 0 amide bonds.